The molecule has 2 aromatic rings. The van der Waals surface area contributed by atoms with Crippen molar-refractivity contribution in [3.8, 4) is 11.1 Å². The number of nitrogens with one attached hydrogen (secondary N) is 2. The molecule has 1 aliphatic rings. The lowest BCUT2D eigenvalue weighted by Gasteiger charge is -2.22. The minimum Gasteiger partial charge on any atom is -0.338 e. The number of carbonyl (C=O) groups is 1. The average molecular weight is 320 g/mol. The van der Waals surface area contributed by atoms with E-state index in [9.17, 15) is 4.79 Å². The van der Waals surface area contributed by atoms with Gasteiger partial charge in [0, 0.05) is 11.1 Å². The number of amides is 2. The summed E-state index contributed by atoms with van der Waals surface area (Å²) in [5, 5.41) is 10.2. The normalized spacial score (nSPS) is 15.5. The number of hydrogen-bond acceptors (Lipinski definition) is 3. The molecule has 5 nitrogen and oxygen atoms in total. The summed E-state index contributed by atoms with van der Waals surface area (Å²) in [6.45, 7) is 0. The highest BCUT2D eigenvalue weighted by molar-refractivity contribution is 6.30. The fourth-order valence-corrected chi connectivity index (χ4v) is 2.86. The zero-order valence-electron chi connectivity index (χ0n) is 12.1. The van der Waals surface area contributed by atoms with E-state index in [1.165, 1.54) is 19.3 Å². The number of aromatic nitrogens is 1. The molecule has 0 aliphatic heterocycles. The molecule has 1 aromatic heterocycles. The minimum absolute atomic E-state index is 0.246. The van der Waals surface area contributed by atoms with Gasteiger partial charge in [-0.05, 0) is 30.5 Å². The number of rotatable bonds is 3. The molecular weight excluding hydrogens is 302 g/mol. The van der Waals surface area contributed by atoms with Crippen molar-refractivity contribution in [2.75, 3.05) is 5.32 Å². The Kier molecular flexibility index (Phi) is 4.63. The molecule has 1 saturated carbocycles. The van der Waals surface area contributed by atoms with E-state index in [-0.39, 0.29) is 12.1 Å². The van der Waals surface area contributed by atoms with Gasteiger partial charge in [-0.2, -0.15) is 0 Å². The van der Waals surface area contributed by atoms with Crippen molar-refractivity contribution in [3.63, 3.8) is 0 Å². The quantitative estimate of drug-likeness (QED) is 0.878. The number of halogens is 1. The summed E-state index contributed by atoms with van der Waals surface area (Å²) in [4.78, 5) is 12.1. The van der Waals surface area contributed by atoms with Crippen molar-refractivity contribution < 1.29 is 9.32 Å². The van der Waals surface area contributed by atoms with Gasteiger partial charge in [-0.15, -0.1) is 0 Å². The zero-order valence-corrected chi connectivity index (χ0v) is 12.9. The lowest BCUT2D eigenvalue weighted by molar-refractivity contribution is 0.243. The highest BCUT2D eigenvalue weighted by atomic mass is 35.5. The van der Waals surface area contributed by atoms with Gasteiger partial charge in [0.1, 0.15) is 0 Å². The average Bonchev–Trinajstić information content (AvgIpc) is 2.97. The van der Waals surface area contributed by atoms with Crippen LogP contribution in [-0.2, 0) is 0 Å². The first-order valence-electron chi connectivity index (χ1n) is 7.50. The van der Waals surface area contributed by atoms with E-state index < -0.39 is 0 Å². The van der Waals surface area contributed by atoms with E-state index in [1.54, 1.807) is 18.3 Å². The van der Waals surface area contributed by atoms with Crippen LogP contribution >= 0.6 is 11.6 Å². The molecule has 2 N–H and O–H groups in total. The third kappa shape index (κ3) is 3.60. The maximum atomic E-state index is 12.1. The van der Waals surface area contributed by atoms with Gasteiger partial charge in [-0.1, -0.05) is 48.2 Å². The summed E-state index contributed by atoms with van der Waals surface area (Å²) in [7, 11) is 0. The maximum absolute atomic E-state index is 12.1. The summed E-state index contributed by atoms with van der Waals surface area (Å²) in [6.07, 6.45) is 7.25. The van der Waals surface area contributed by atoms with Crippen LogP contribution in [-0.4, -0.2) is 17.2 Å². The number of benzene rings is 1. The zero-order chi connectivity index (χ0) is 15.4. The van der Waals surface area contributed by atoms with Gasteiger partial charge < -0.3 is 9.84 Å². The maximum Gasteiger partial charge on any atom is 0.321 e. The Bertz CT molecular complexity index is 633. The second kappa shape index (κ2) is 6.83. The Hall–Kier alpha value is -2.01. The number of urea groups is 1. The minimum atomic E-state index is -0.251. The van der Waals surface area contributed by atoms with Crippen molar-refractivity contribution in [2.24, 2.45) is 0 Å². The van der Waals surface area contributed by atoms with Crippen LogP contribution in [0.2, 0.25) is 5.02 Å². The molecule has 6 heteroatoms. The van der Waals surface area contributed by atoms with Crippen LogP contribution in [0.3, 0.4) is 0 Å². The fourth-order valence-electron chi connectivity index (χ4n) is 2.74. The monoisotopic (exact) mass is 319 g/mol. The topological polar surface area (TPSA) is 67.2 Å². The predicted molar refractivity (Wildman–Crippen MR) is 86.0 cm³/mol. The van der Waals surface area contributed by atoms with Crippen molar-refractivity contribution >= 4 is 23.5 Å². The van der Waals surface area contributed by atoms with Crippen molar-refractivity contribution in [2.45, 2.75) is 38.1 Å². The van der Waals surface area contributed by atoms with Crippen LogP contribution in [0.25, 0.3) is 11.1 Å². The van der Waals surface area contributed by atoms with E-state index >= 15 is 0 Å². The molecule has 1 aliphatic carbocycles. The molecular formula is C16H18ClN3O2. The number of nitrogens with zero attached hydrogens (tertiary/aromatic N) is 1. The Morgan fingerprint density at radius 3 is 2.64 bits per heavy atom. The van der Waals surface area contributed by atoms with Crippen molar-refractivity contribution in [1.82, 2.24) is 10.5 Å². The first-order valence-corrected chi connectivity index (χ1v) is 7.88. The molecule has 0 atom stereocenters. The van der Waals surface area contributed by atoms with E-state index in [4.69, 9.17) is 16.1 Å². The molecule has 2 amide bonds. The molecule has 3 rings (SSSR count). The predicted octanol–water partition coefficient (Wildman–Crippen LogP) is 4.45. The smallest absolute Gasteiger partial charge is 0.321 e. The Morgan fingerprint density at radius 2 is 1.91 bits per heavy atom. The lowest BCUT2D eigenvalue weighted by atomic mass is 9.96. The highest BCUT2D eigenvalue weighted by Gasteiger charge is 2.18. The highest BCUT2D eigenvalue weighted by Crippen LogP contribution is 2.28. The van der Waals surface area contributed by atoms with Gasteiger partial charge in [0.15, 0.2) is 0 Å². The Labute approximate surface area is 134 Å². The first-order chi connectivity index (χ1) is 10.7. The van der Waals surface area contributed by atoms with Gasteiger partial charge in [-0.3, -0.25) is 5.32 Å². The Balaban J connectivity index is 1.66. The van der Waals surface area contributed by atoms with Crippen LogP contribution in [0.5, 0.6) is 0 Å². The lowest BCUT2D eigenvalue weighted by Crippen LogP contribution is -2.39. The summed E-state index contributed by atoms with van der Waals surface area (Å²) in [6, 6.07) is 7.29. The largest absolute Gasteiger partial charge is 0.338 e. The Morgan fingerprint density at radius 1 is 1.18 bits per heavy atom. The molecule has 0 radical (unpaired) electrons. The second-order valence-electron chi connectivity index (χ2n) is 5.51. The molecule has 0 unspecified atom stereocenters. The number of carbonyl (C=O) groups excluding carboxylic acids is 1. The molecule has 0 spiro atoms. The third-order valence-corrected chi connectivity index (χ3v) is 4.15. The summed E-state index contributed by atoms with van der Waals surface area (Å²) >= 11 is 5.89. The molecule has 22 heavy (non-hydrogen) atoms. The van der Waals surface area contributed by atoms with Crippen LogP contribution in [0.4, 0.5) is 10.7 Å². The van der Waals surface area contributed by atoms with E-state index in [1.807, 2.05) is 12.1 Å². The fraction of sp³-hybridized carbons (Fsp3) is 0.375. The third-order valence-electron chi connectivity index (χ3n) is 3.89. The van der Waals surface area contributed by atoms with Gasteiger partial charge in [-0.25, -0.2) is 4.79 Å². The van der Waals surface area contributed by atoms with Gasteiger partial charge in [0.2, 0.25) is 5.88 Å². The summed E-state index contributed by atoms with van der Waals surface area (Å²) < 4.78 is 5.15. The summed E-state index contributed by atoms with van der Waals surface area (Å²) in [5.41, 5.74) is 1.62. The van der Waals surface area contributed by atoms with Gasteiger partial charge >= 0.3 is 6.03 Å². The van der Waals surface area contributed by atoms with Crippen LogP contribution in [0.1, 0.15) is 32.1 Å². The summed E-state index contributed by atoms with van der Waals surface area (Å²) in [5.74, 6) is 0.343. The molecule has 1 aromatic carbocycles. The van der Waals surface area contributed by atoms with E-state index in [0.717, 1.165) is 24.0 Å². The van der Waals surface area contributed by atoms with Gasteiger partial charge in [0.05, 0.1) is 11.8 Å². The van der Waals surface area contributed by atoms with E-state index in [0.29, 0.717) is 10.9 Å². The molecule has 116 valence electrons. The van der Waals surface area contributed by atoms with E-state index in [2.05, 4.69) is 15.8 Å². The van der Waals surface area contributed by atoms with Crippen molar-refractivity contribution in [1.29, 1.82) is 0 Å². The molecule has 1 fully saturated rings. The first kappa shape index (κ1) is 14.9. The van der Waals surface area contributed by atoms with Crippen LogP contribution in [0.15, 0.2) is 35.0 Å². The van der Waals surface area contributed by atoms with Gasteiger partial charge in [0.25, 0.3) is 0 Å². The van der Waals surface area contributed by atoms with Crippen LogP contribution < -0.4 is 10.6 Å². The van der Waals surface area contributed by atoms with Crippen molar-refractivity contribution in [3.05, 3.63) is 35.5 Å². The molecule has 0 saturated heterocycles. The number of anilines is 1. The molecule has 1 heterocycles. The molecule has 0 bridgehead atoms. The number of hydrogen-bond donors (Lipinski definition) is 2. The second-order valence-corrected chi connectivity index (χ2v) is 5.95. The van der Waals surface area contributed by atoms with Crippen LogP contribution in [0, 0.1) is 0 Å². The standard InChI is InChI=1S/C16H18ClN3O2/c17-12-8-6-11(7-9-12)14-10-18-22-15(14)20-16(21)19-13-4-2-1-3-5-13/h6-10,13H,1-5H2,(H2,19,20,21). The SMILES string of the molecule is O=C(Nc1oncc1-c1ccc(Cl)cc1)NC1CCCCC1.